The third-order valence-electron chi connectivity index (χ3n) is 3.75. The van der Waals surface area contributed by atoms with Crippen molar-refractivity contribution in [3.8, 4) is 0 Å². The van der Waals surface area contributed by atoms with Crippen LogP contribution in [0.4, 0.5) is 11.4 Å². The van der Waals surface area contributed by atoms with E-state index in [-0.39, 0.29) is 13.1 Å². The van der Waals surface area contributed by atoms with E-state index < -0.39 is 0 Å². The van der Waals surface area contributed by atoms with Gasteiger partial charge in [-0.3, -0.25) is 0 Å². The Morgan fingerprint density at radius 1 is 0.667 bits per heavy atom. The van der Waals surface area contributed by atoms with E-state index in [4.69, 9.17) is 66.6 Å². The maximum atomic E-state index is 6.20. The standard InChI is InChI=1S/C20H14Cl4N2S.2ClH.Fe/c1-11(25-19-13(21)5-3-6-14(19)22)17-9-10-18(27-17)12(2)26-20-15(23)7-4-8-16(20)24;;;/h3-10H,1-2H3;2*1H;/q;;;+2/p-2. The Labute approximate surface area is 214 Å². The molecule has 0 saturated carbocycles. The molecule has 1 aromatic heterocycles. The molecule has 0 unspecified atom stereocenters. The number of hydrogen-bond donors (Lipinski definition) is 0. The van der Waals surface area contributed by atoms with E-state index in [0.29, 0.717) is 31.5 Å². The van der Waals surface area contributed by atoms with Crippen molar-refractivity contribution in [2.45, 2.75) is 13.8 Å². The molecule has 0 amide bonds. The zero-order valence-corrected chi connectivity index (χ0v) is 22.0. The molecular weight excluding hydrogens is 569 g/mol. The Kier molecular flexibility index (Phi) is 11.0. The second kappa shape index (κ2) is 12.7. The normalized spacial score (nSPS) is 12.0. The Hall–Kier alpha value is -0.261. The molecule has 0 aliphatic carbocycles. The van der Waals surface area contributed by atoms with Crippen LogP contribution in [0.2, 0.25) is 20.1 Å². The topological polar surface area (TPSA) is 24.7 Å². The van der Waals surface area contributed by atoms with Crippen LogP contribution in [-0.2, 0) is 13.1 Å². The summed E-state index contributed by atoms with van der Waals surface area (Å²) in [5.74, 6) is 0. The number of benzene rings is 2. The van der Waals surface area contributed by atoms with Crippen molar-refractivity contribution in [2.75, 3.05) is 0 Å². The minimum absolute atomic E-state index is 0.194. The van der Waals surface area contributed by atoms with Gasteiger partial charge in [0.2, 0.25) is 0 Å². The second-order valence-corrected chi connectivity index (χ2v) is 10.3. The average Bonchev–Trinajstić information content (AvgIpc) is 3.19. The molecule has 1 heterocycles. The number of nitrogens with zero attached hydrogens (tertiary/aromatic N) is 2. The molecule has 3 aromatic rings. The molecule has 10 heteroatoms. The molecule has 0 saturated heterocycles. The Morgan fingerprint density at radius 3 is 1.27 bits per heavy atom. The van der Waals surface area contributed by atoms with Crippen LogP contribution in [0.15, 0.2) is 58.5 Å². The maximum absolute atomic E-state index is 6.20. The molecule has 3 rings (SSSR count). The van der Waals surface area contributed by atoms with Gasteiger partial charge in [-0.2, -0.15) is 0 Å². The van der Waals surface area contributed by atoms with Gasteiger partial charge in [-0.15, -0.1) is 11.3 Å². The van der Waals surface area contributed by atoms with Gasteiger partial charge in [0.25, 0.3) is 0 Å². The van der Waals surface area contributed by atoms with Gasteiger partial charge >= 0.3 is 33.3 Å². The molecule has 2 nitrogen and oxygen atoms in total. The van der Waals surface area contributed by atoms with Crippen LogP contribution >= 0.6 is 77.9 Å². The third kappa shape index (κ3) is 7.13. The van der Waals surface area contributed by atoms with Gasteiger partial charge in [0.1, 0.15) is 11.4 Å². The fourth-order valence-corrected chi connectivity index (χ4v) is 4.22. The molecule has 2 aromatic carbocycles. The molecular formula is C20H14Cl6FeN2S. The first-order valence-corrected chi connectivity index (χ1v) is 13.6. The number of halogens is 6. The minimum atomic E-state index is 0.194. The van der Waals surface area contributed by atoms with Crippen molar-refractivity contribution < 1.29 is 13.1 Å². The van der Waals surface area contributed by atoms with Crippen molar-refractivity contribution in [3.63, 3.8) is 0 Å². The molecule has 0 atom stereocenters. The first-order chi connectivity index (χ1) is 14.3. The molecule has 0 fully saturated rings. The van der Waals surface area contributed by atoms with Gasteiger partial charge in [0, 0.05) is 9.75 Å². The third-order valence-corrected chi connectivity index (χ3v) is 6.28. The van der Waals surface area contributed by atoms with E-state index in [2.05, 4.69) is 9.98 Å². The molecule has 0 spiro atoms. The van der Waals surface area contributed by atoms with Crippen LogP contribution < -0.4 is 0 Å². The molecule has 0 aliphatic rings. The van der Waals surface area contributed by atoms with Crippen LogP contribution in [0.5, 0.6) is 0 Å². The zero-order valence-electron chi connectivity index (χ0n) is 15.5. The molecule has 30 heavy (non-hydrogen) atoms. The van der Waals surface area contributed by atoms with Crippen LogP contribution in [0.3, 0.4) is 0 Å². The van der Waals surface area contributed by atoms with Crippen LogP contribution in [0.1, 0.15) is 23.6 Å². The SMILES string of the molecule is CC(=Nc1c(Cl)cccc1Cl)c1ccc(C(C)=Nc2c(Cl)cccc2Cl)s1.[Cl][Fe][Cl]. The zero-order chi connectivity index (χ0) is 22.3. The second-order valence-electron chi connectivity index (χ2n) is 5.75. The van der Waals surface area contributed by atoms with Crippen LogP contribution in [0, 0.1) is 0 Å². The summed E-state index contributed by atoms with van der Waals surface area (Å²) in [6, 6.07) is 14.7. The van der Waals surface area contributed by atoms with Gasteiger partial charge in [-0.25, -0.2) is 9.98 Å². The van der Waals surface area contributed by atoms with Crippen molar-refractivity contribution in [3.05, 3.63) is 78.4 Å². The number of rotatable bonds is 4. The summed E-state index contributed by atoms with van der Waals surface area (Å²) < 4.78 is 0. The van der Waals surface area contributed by atoms with Crippen molar-refractivity contribution >= 4 is 101 Å². The van der Waals surface area contributed by atoms with E-state index in [1.807, 2.05) is 26.0 Å². The van der Waals surface area contributed by atoms with E-state index in [9.17, 15) is 0 Å². The molecule has 0 radical (unpaired) electrons. The van der Waals surface area contributed by atoms with Gasteiger partial charge in [0.05, 0.1) is 31.5 Å². The first kappa shape index (κ1) is 26.0. The van der Waals surface area contributed by atoms with Crippen molar-refractivity contribution in [1.82, 2.24) is 0 Å². The first-order valence-electron chi connectivity index (χ1n) is 8.22. The van der Waals surface area contributed by atoms with Crippen LogP contribution in [0.25, 0.3) is 0 Å². The summed E-state index contributed by atoms with van der Waals surface area (Å²) in [5.41, 5.74) is 2.79. The number of hydrogen-bond acceptors (Lipinski definition) is 3. The van der Waals surface area contributed by atoms with Gasteiger partial charge in [0.15, 0.2) is 0 Å². The molecule has 0 bridgehead atoms. The van der Waals surface area contributed by atoms with E-state index >= 15 is 0 Å². The van der Waals surface area contributed by atoms with Crippen molar-refractivity contribution in [2.24, 2.45) is 9.98 Å². The fraction of sp³-hybridized carbons (Fsp3) is 0.100. The van der Waals surface area contributed by atoms with Crippen LogP contribution in [-0.4, -0.2) is 11.4 Å². The van der Waals surface area contributed by atoms with E-state index in [0.717, 1.165) is 21.2 Å². The van der Waals surface area contributed by atoms with Gasteiger partial charge in [-0.05, 0) is 50.2 Å². The Morgan fingerprint density at radius 2 is 0.967 bits per heavy atom. The summed E-state index contributed by atoms with van der Waals surface area (Å²) in [5, 5.41) is 2.07. The number of aliphatic imine (C=N–C) groups is 2. The molecule has 0 N–H and O–H groups in total. The van der Waals surface area contributed by atoms with Gasteiger partial charge in [-0.1, -0.05) is 58.5 Å². The van der Waals surface area contributed by atoms with Crippen molar-refractivity contribution in [1.29, 1.82) is 0 Å². The number of thiophene rings is 1. The summed E-state index contributed by atoms with van der Waals surface area (Å²) in [4.78, 5) is 11.2. The predicted molar refractivity (Wildman–Crippen MR) is 133 cm³/mol. The van der Waals surface area contributed by atoms with E-state index in [1.165, 1.54) is 0 Å². The monoisotopic (exact) mass is 580 g/mol. The fourth-order valence-electron chi connectivity index (χ4n) is 2.36. The molecule has 160 valence electrons. The summed E-state index contributed by atoms with van der Waals surface area (Å²) in [7, 11) is 9.53. The number of para-hydroxylation sites is 2. The summed E-state index contributed by atoms with van der Waals surface area (Å²) >= 11 is 26.6. The van der Waals surface area contributed by atoms with E-state index in [1.54, 1.807) is 47.7 Å². The predicted octanol–water partition coefficient (Wildman–Crippen LogP) is 10.0. The summed E-state index contributed by atoms with van der Waals surface area (Å²) in [6.07, 6.45) is 0. The quantitative estimate of drug-likeness (QED) is 0.216. The Bertz CT molecular complexity index is 958. The van der Waals surface area contributed by atoms with Gasteiger partial charge < -0.3 is 0 Å². The summed E-state index contributed by atoms with van der Waals surface area (Å²) in [6.45, 7) is 3.85. The Balaban J connectivity index is 0.00000101. The molecule has 0 aliphatic heterocycles. The average molecular weight is 583 g/mol.